The highest BCUT2D eigenvalue weighted by Gasteiger charge is 2.35. The van der Waals surface area contributed by atoms with E-state index in [1.165, 1.54) is 44.5 Å². The van der Waals surface area contributed by atoms with Gasteiger partial charge in [0.15, 0.2) is 0 Å². The van der Waals surface area contributed by atoms with Gasteiger partial charge in [-0.15, -0.1) is 0 Å². The van der Waals surface area contributed by atoms with E-state index in [0.717, 1.165) is 112 Å². The molecule has 0 radical (unpaired) electrons. The summed E-state index contributed by atoms with van der Waals surface area (Å²) >= 11 is 12.6. The van der Waals surface area contributed by atoms with Crippen LogP contribution in [0.3, 0.4) is 0 Å². The third-order valence-electron chi connectivity index (χ3n) is 19.0. The van der Waals surface area contributed by atoms with Crippen molar-refractivity contribution in [1.82, 2.24) is 0 Å². The highest BCUT2D eigenvalue weighted by molar-refractivity contribution is 8.00. The first-order valence-electron chi connectivity index (χ1n) is 35.8. The minimum atomic E-state index is -1.92. The molecule has 102 heavy (non-hydrogen) atoms. The molecule has 1 heterocycles. The molecule has 0 aliphatic heterocycles. The molecule has 9 rings (SSSR count). The summed E-state index contributed by atoms with van der Waals surface area (Å²) in [5.41, 5.74) is 23.7. The molecule has 2 N–H and O–H groups in total. The maximum atomic E-state index is 10.2. The first-order chi connectivity index (χ1) is 46.5. The summed E-state index contributed by atoms with van der Waals surface area (Å²) < 4.78 is 39.7. The van der Waals surface area contributed by atoms with Gasteiger partial charge in [-0.05, 0) is 236 Å². The van der Waals surface area contributed by atoms with E-state index in [4.69, 9.17) is 49.4 Å². The van der Waals surface area contributed by atoms with Crippen molar-refractivity contribution in [2.75, 3.05) is 14.2 Å². The molecule has 0 spiro atoms. The number of phenolic OH excluding ortho intramolecular Hbond substituents is 2. The van der Waals surface area contributed by atoms with E-state index in [2.05, 4.69) is 267 Å². The number of aromatic hydroxyl groups is 2. The Balaban J connectivity index is 0.000000240. The van der Waals surface area contributed by atoms with Gasteiger partial charge in [-0.1, -0.05) is 215 Å². The van der Waals surface area contributed by atoms with Crippen molar-refractivity contribution < 1.29 is 37.1 Å². The van der Waals surface area contributed by atoms with Crippen LogP contribution >= 0.6 is 37.6 Å². The van der Waals surface area contributed by atoms with Crippen molar-refractivity contribution in [1.29, 1.82) is 0 Å². The molecule has 0 aliphatic rings. The quantitative estimate of drug-likeness (QED) is 0.138. The van der Waals surface area contributed by atoms with E-state index in [-0.39, 0.29) is 54.8 Å². The number of phenols is 2. The zero-order valence-electron chi connectivity index (χ0n) is 68.2. The summed E-state index contributed by atoms with van der Waals surface area (Å²) in [6.07, 6.45) is 0. The molecule has 0 saturated carbocycles. The highest BCUT2D eigenvalue weighted by Crippen LogP contribution is 2.57. The number of ether oxygens (including phenoxy) is 2. The molecule has 0 saturated heterocycles. The van der Waals surface area contributed by atoms with Gasteiger partial charge in [-0.2, -0.15) is 0 Å². The van der Waals surface area contributed by atoms with Crippen molar-refractivity contribution in [3.05, 3.63) is 186 Å². The molecule has 8 nitrogen and oxygen atoms in total. The Morgan fingerprint density at radius 3 is 0.843 bits per heavy atom. The lowest BCUT2D eigenvalue weighted by atomic mass is 9.75. The van der Waals surface area contributed by atoms with Gasteiger partial charge in [0.05, 0.1) is 14.2 Å². The number of fused-ring (bicyclic) bond motifs is 3. The minimum absolute atomic E-state index is 0.0396. The van der Waals surface area contributed by atoms with Crippen LogP contribution in [-0.4, -0.2) is 24.4 Å². The van der Waals surface area contributed by atoms with Gasteiger partial charge < -0.3 is 37.1 Å². The number of rotatable bonds is 9. The molecular formula is C90H120Cl2O8P2. The first kappa shape index (κ1) is 82.8. The third kappa shape index (κ3) is 18.9. The number of hydrogen-bond acceptors (Lipinski definition) is 8. The summed E-state index contributed by atoms with van der Waals surface area (Å²) in [5, 5.41) is 22.4. The number of halogens is 2. The number of benzene rings is 8. The topological polar surface area (TPSA) is 104 Å². The largest absolute Gasteiger partial charge is 0.507 e. The Hall–Kier alpha value is -6.53. The average molecular weight is 1460 g/mol. The van der Waals surface area contributed by atoms with E-state index >= 15 is 0 Å². The molecule has 0 bridgehead atoms. The normalized spacial score (nSPS) is 12.7. The van der Waals surface area contributed by atoms with Crippen LogP contribution in [0.15, 0.2) is 105 Å². The molecule has 12 heteroatoms. The average Bonchev–Trinajstić information content (AvgIpc) is 0.808. The van der Waals surface area contributed by atoms with Crippen LogP contribution in [0.1, 0.15) is 255 Å². The molecule has 0 amide bonds. The second-order valence-electron chi connectivity index (χ2n) is 36.7. The van der Waals surface area contributed by atoms with Crippen LogP contribution < -0.4 is 18.5 Å². The van der Waals surface area contributed by atoms with Crippen molar-refractivity contribution in [3.8, 4) is 67.9 Å². The first-order valence-corrected chi connectivity index (χ1v) is 40.0. The van der Waals surface area contributed by atoms with E-state index in [1.807, 2.05) is 52.0 Å². The van der Waals surface area contributed by atoms with Crippen LogP contribution in [0.5, 0.6) is 34.5 Å². The standard InChI is InChI=1S/C45H59O4P.C29H43Cl2O2P.C16H18O2/c1-26-18-28(3)38-32(20-26)33-21-27(2)19-29(4)39(33)48-50(47-38)49-41-35(23-31(43(8,9)10)25-37(41)45(14,15)16)34-22-30(42(5,6)7)24-36(40(34)46-17)44(11,12)13;1-26(2,3)18-14-20(24(32-13)22(16-18)28(7,8)9)21-15-19(27(4,5)6)17-23(29(10,11)12)25(21)33-34(30)31;1-9-5-11(3)15(17)13(7-9)14-8-10(2)6-12(4)16(14)18/h18-25H,1-17H3;14-17H,1-13H3;5-8,17-18H,1-4H3. The van der Waals surface area contributed by atoms with Gasteiger partial charge in [0, 0.05) is 66.4 Å². The molecule has 1 aromatic heterocycles. The number of methoxy groups -OCH3 is 2. The summed E-state index contributed by atoms with van der Waals surface area (Å²) in [7, 11) is 1.61. The van der Waals surface area contributed by atoms with Crippen LogP contribution in [0.2, 0.25) is 0 Å². The van der Waals surface area contributed by atoms with Crippen molar-refractivity contribution in [2.45, 2.75) is 265 Å². The van der Waals surface area contributed by atoms with Crippen molar-refractivity contribution in [3.63, 3.8) is 0 Å². The Morgan fingerprint density at radius 2 is 0.569 bits per heavy atom. The zero-order chi connectivity index (χ0) is 77.2. The second-order valence-corrected chi connectivity index (χ2v) is 40.6. The van der Waals surface area contributed by atoms with E-state index in [1.54, 1.807) is 14.2 Å². The third-order valence-corrected chi connectivity index (χ3v) is 20.7. The molecule has 0 unspecified atom stereocenters. The van der Waals surface area contributed by atoms with Crippen molar-refractivity contribution in [2.24, 2.45) is 0 Å². The number of hydrogen-bond donors (Lipinski definition) is 2. The maximum Gasteiger partial charge on any atom is 0.453 e. The Morgan fingerprint density at radius 1 is 0.314 bits per heavy atom. The smallest absolute Gasteiger partial charge is 0.453 e. The summed E-state index contributed by atoms with van der Waals surface area (Å²) in [4.78, 5) is 0. The molecule has 8 aromatic carbocycles. The summed E-state index contributed by atoms with van der Waals surface area (Å²) in [5.74, 6) is 3.71. The summed E-state index contributed by atoms with van der Waals surface area (Å²) in [6.45, 7) is 68.3. The lowest BCUT2D eigenvalue weighted by molar-refractivity contribution is 0.397. The van der Waals surface area contributed by atoms with Gasteiger partial charge in [0.25, 0.3) is 6.85 Å². The fourth-order valence-corrected chi connectivity index (χ4v) is 15.1. The molecule has 552 valence electrons. The molecule has 0 aliphatic carbocycles. The fraction of sp³-hybridized carbons (Fsp3) is 0.467. The van der Waals surface area contributed by atoms with Crippen LogP contribution in [0, 0.1) is 55.4 Å². The molecule has 0 fully saturated rings. The second kappa shape index (κ2) is 30.1. The Bertz CT molecular complexity index is 4520. The predicted molar refractivity (Wildman–Crippen MR) is 441 cm³/mol. The van der Waals surface area contributed by atoms with Crippen LogP contribution in [0.25, 0.3) is 55.3 Å². The van der Waals surface area contributed by atoms with E-state index < -0.39 is 15.1 Å². The minimum Gasteiger partial charge on any atom is -0.507 e. The monoisotopic (exact) mass is 1460 g/mol. The van der Waals surface area contributed by atoms with Crippen LogP contribution in [-0.2, 0) is 43.3 Å². The molecular weight excluding hydrogens is 1340 g/mol. The predicted octanol–water partition coefficient (Wildman–Crippen LogP) is 28.9. The summed E-state index contributed by atoms with van der Waals surface area (Å²) in [6, 6.07) is 34.7. The van der Waals surface area contributed by atoms with E-state index in [0.29, 0.717) is 11.1 Å². The zero-order valence-corrected chi connectivity index (χ0v) is 71.5. The van der Waals surface area contributed by atoms with Gasteiger partial charge in [0.1, 0.15) is 45.7 Å². The van der Waals surface area contributed by atoms with Gasteiger partial charge in [0.2, 0.25) is 0 Å². The Labute approximate surface area is 625 Å². The SMILES string of the molecule is COc1c(-c2cc(C(C)(C)C)cc(C(C)(C)C)c2OP(Cl)Cl)cc(C(C)(C)C)cc1C(C)(C)C.COc1c(-c2cc(C(C)(C)C)cc(C(C)(C)C)c2Op2oc3c(C)cc(C)cc3c3cc(C)cc(C)c3o2)cc(C(C)(C)C)cc1C(C)(C)C.Cc1cc(C)c(O)c(-c2cc(C)cc(C)c2O)c1. The van der Waals surface area contributed by atoms with Gasteiger partial charge in [-0.25, -0.2) is 0 Å². The van der Waals surface area contributed by atoms with E-state index in [9.17, 15) is 10.2 Å². The molecule has 9 aromatic rings. The number of aryl methyl sites for hydroxylation is 8. The van der Waals surface area contributed by atoms with Crippen molar-refractivity contribution >= 4 is 59.5 Å². The Kier molecular flexibility index (Phi) is 24.5. The molecule has 0 atom stereocenters. The fourth-order valence-electron chi connectivity index (χ4n) is 13.1. The highest BCUT2D eigenvalue weighted by atomic mass is 35.9. The van der Waals surface area contributed by atoms with Gasteiger partial charge >= 0.3 is 8.24 Å². The van der Waals surface area contributed by atoms with Crippen LogP contribution in [0.4, 0.5) is 0 Å². The maximum absolute atomic E-state index is 10.2. The lowest BCUT2D eigenvalue weighted by Crippen LogP contribution is -2.19. The lowest BCUT2D eigenvalue weighted by Gasteiger charge is -2.32. The van der Waals surface area contributed by atoms with Gasteiger partial charge in [-0.3, -0.25) is 0 Å².